The van der Waals surface area contributed by atoms with Crippen LogP contribution in [0.5, 0.6) is 5.75 Å². The summed E-state index contributed by atoms with van der Waals surface area (Å²) in [5.74, 6) is 1.06. The van der Waals surface area contributed by atoms with Crippen molar-refractivity contribution in [3.63, 3.8) is 0 Å². The number of benzene rings is 1. The van der Waals surface area contributed by atoms with Crippen molar-refractivity contribution >= 4 is 22.5 Å². The van der Waals surface area contributed by atoms with E-state index in [1.165, 1.54) is 0 Å². The Kier molecular flexibility index (Phi) is 4.00. The Hall–Kier alpha value is -2.10. The van der Waals surface area contributed by atoms with Crippen LogP contribution in [0.2, 0.25) is 0 Å². The summed E-state index contributed by atoms with van der Waals surface area (Å²) in [4.78, 5) is 16.2. The molecule has 1 N–H and O–H groups in total. The highest BCUT2D eigenvalue weighted by Crippen LogP contribution is 2.29. The molecular formula is C15H18N2O2. The highest BCUT2D eigenvalue weighted by molar-refractivity contribution is 6.02. The molecular weight excluding hydrogens is 240 g/mol. The molecule has 2 rings (SSSR count). The fourth-order valence-electron chi connectivity index (χ4n) is 1.99. The highest BCUT2D eigenvalue weighted by atomic mass is 16.5. The van der Waals surface area contributed by atoms with Crippen molar-refractivity contribution in [3.05, 3.63) is 30.5 Å². The third-order valence-electron chi connectivity index (χ3n) is 2.82. The van der Waals surface area contributed by atoms with Gasteiger partial charge in [0.1, 0.15) is 11.3 Å². The predicted molar refractivity (Wildman–Crippen MR) is 76.4 cm³/mol. The molecule has 0 aliphatic rings. The van der Waals surface area contributed by atoms with Gasteiger partial charge in [-0.15, -0.1) is 0 Å². The van der Waals surface area contributed by atoms with Crippen LogP contribution in [0.25, 0.3) is 10.9 Å². The Bertz CT molecular complexity index is 594. The van der Waals surface area contributed by atoms with Crippen LogP contribution >= 0.6 is 0 Å². The summed E-state index contributed by atoms with van der Waals surface area (Å²) in [6.45, 7) is 4.04. The number of ether oxygens (including phenoxy) is 1. The molecule has 0 fully saturated rings. The Balaban J connectivity index is 2.37. The normalized spacial score (nSPS) is 10.7. The second-order valence-electron chi connectivity index (χ2n) is 4.86. The van der Waals surface area contributed by atoms with Gasteiger partial charge in [-0.3, -0.25) is 9.78 Å². The van der Waals surface area contributed by atoms with Gasteiger partial charge < -0.3 is 10.1 Å². The molecule has 100 valence electrons. The van der Waals surface area contributed by atoms with Crippen LogP contribution in [0.4, 0.5) is 5.69 Å². The van der Waals surface area contributed by atoms with Gasteiger partial charge >= 0.3 is 0 Å². The average Bonchev–Trinajstić information content (AvgIpc) is 2.38. The fourth-order valence-corrected chi connectivity index (χ4v) is 1.99. The number of nitrogens with zero attached hydrogens (tertiary/aromatic N) is 1. The second kappa shape index (κ2) is 5.69. The van der Waals surface area contributed by atoms with E-state index in [-0.39, 0.29) is 5.91 Å². The summed E-state index contributed by atoms with van der Waals surface area (Å²) >= 11 is 0. The minimum atomic E-state index is 0.0188. The van der Waals surface area contributed by atoms with Gasteiger partial charge in [0.05, 0.1) is 12.8 Å². The van der Waals surface area contributed by atoms with Crippen molar-refractivity contribution in [2.45, 2.75) is 20.3 Å². The largest absolute Gasteiger partial charge is 0.494 e. The van der Waals surface area contributed by atoms with Crippen LogP contribution in [-0.2, 0) is 4.79 Å². The van der Waals surface area contributed by atoms with E-state index in [4.69, 9.17) is 4.74 Å². The number of methoxy groups -OCH3 is 1. The number of rotatable bonds is 4. The number of amides is 1. The zero-order chi connectivity index (χ0) is 13.8. The number of hydrogen-bond acceptors (Lipinski definition) is 3. The molecule has 0 saturated carbocycles. The number of pyridine rings is 1. The monoisotopic (exact) mass is 258 g/mol. The first-order chi connectivity index (χ1) is 9.11. The van der Waals surface area contributed by atoms with E-state index in [1.54, 1.807) is 13.3 Å². The minimum absolute atomic E-state index is 0.0188. The number of hydrogen-bond donors (Lipinski definition) is 1. The lowest BCUT2D eigenvalue weighted by Crippen LogP contribution is -2.14. The Morgan fingerprint density at radius 1 is 1.37 bits per heavy atom. The smallest absolute Gasteiger partial charge is 0.224 e. The maximum Gasteiger partial charge on any atom is 0.224 e. The van der Waals surface area contributed by atoms with Gasteiger partial charge in [0, 0.05) is 18.0 Å². The molecule has 0 unspecified atom stereocenters. The Labute approximate surface area is 112 Å². The molecule has 1 heterocycles. The standard InChI is InChI=1S/C15H18N2O2/c1-10(2)9-14(18)17-12-6-7-13(19-3)15-11(12)5-4-8-16-15/h4-8,10H,9H2,1-3H3,(H,17,18). The lowest BCUT2D eigenvalue weighted by atomic mass is 10.1. The van der Waals surface area contributed by atoms with Gasteiger partial charge in [-0.25, -0.2) is 0 Å². The van der Waals surface area contributed by atoms with E-state index in [2.05, 4.69) is 10.3 Å². The van der Waals surface area contributed by atoms with E-state index < -0.39 is 0 Å². The fraction of sp³-hybridized carbons (Fsp3) is 0.333. The predicted octanol–water partition coefficient (Wildman–Crippen LogP) is 3.23. The summed E-state index contributed by atoms with van der Waals surface area (Å²) in [5, 5.41) is 3.82. The number of nitrogens with one attached hydrogen (secondary N) is 1. The molecule has 0 aliphatic heterocycles. The van der Waals surface area contributed by atoms with Gasteiger partial charge in [0.25, 0.3) is 0 Å². The Morgan fingerprint density at radius 2 is 2.16 bits per heavy atom. The topological polar surface area (TPSA) is 51.2 Å². The lowest BCUT2D eigenvalue weighted by Gasteiger charge is -2.11. The van der Waals surface area contributed by atoms with Crippen molar-refractivity contribution in [3.8, 4) is 5.75 Å². The maximum atomic E-state index is 11.9. The second-order valence-corrected chi connectivity index (χ2v) is 4.86. The van der Waals surface area contributed by atoms with Crippen molar-refractivity contribution in [2.24, 2.45) is 5.92 Å². The molecule has 2 aromatic rings. The zero-order valence-corrected chi connectivity index (χ0v) is 11.4. The molecule has 4 nitrogen and oxygen atoms in total. The number of fused-ring (bicyclic) bond motifs is 1. The molecule has 0 radical (unpaired) electrons. The number of carbonyl (C=O) groups is 1. The molecule has 0 bridgehead atoms. The van der Waals surface area contributed by atoms with Gasteiger partial charge in [-0.2, -0.15) is 0 Å². The van der Waals surface area contributed by atoms with E-state index in [0.717, 1.165) is 16.6 Å². The molecule has 19 heavy (non-hydrogen) atoms. The molecule has 4 heteroatoms. The first-order valence-electron chi connectivity index (χ1n) is 6.33. The van der Waals surface area contributed by atoms with E-state index in [1.807, 2.05) is 38.1 Å². The molecule has 0 spiro atoms. The van der Waals surface area contributed by atoms with Crippen LogP contribution in [0, 0.1) is 5.92 Å². The van der Waals surface area contributed by atoms with Gasteiger partial charge in [0.2, 0.25) is 5.91 Å². The quantitative estimate of drug-likeness (QED) is 0.916. The summed E-state index contributed by atoms with van der Waals surface area (Å²) in [5.41, 5.74) is 1.53. The molecule has 1 amide bonds. The van der Waals surface area contributed by atoms with E-state index in [9.17, 15) is 4.79 Å². The van der Waals surface area contributed by atoms with Gasteiger partial charge in [-0.05, 0) is 30.2 Å². The number of aromatic nitrogens is 1. The number of anilines is 1. The summed E-state index contributed by atoms with van der Waals surface area (Å²) in [6.07, 6.45) is 2.22. The lowest BCUT2D eigenvalue weighted by molar-refractivity contribution is -0.116. The van der Waals surface area contributed by atoms with Crippen LogP contribution in [-0.4, -0.2) is 18.0 Å². The molecule has 0 saturated heterocycles. The summed E-state index contributed by atoms with van der Waals surface area (Å²) in [7, 11) is 1.61. The van der Waals surface area contributed by atoms with Crippen molar-refractivity contribution in [1.29, 1.82) is 0 Å². The Morgan fingerprint density at radius 3 is 2.84 bits per heavy atom. The highest BCUT2D eigenvalue weighted by Gasteiger charge is 2.10. The minimum Gasteiger partial charge on any atom is -0.494 e. The first kappa shape index (κ1) is 13.3. The van der Waals surface area contributed by atoms with Crippen LogP contribution in [0.3, 0.4) is 0 Å². The van der Waals surface area contributed by atoms with Crippen LogP contribution in [0.1, 0.15) is 20.3 Å². The van der Waals surface area contributed by atoms with Crippen molar-refractivity contribution in [1.82, 2.24) is 4.98 Å². The zero-order valence-electron chi connectivity index (χ0n) is 11.4. The van der Waals surface area contributed by atoms with Gasteiger partial charge in [-0.1, -0.05) is 13.8 Å². The number of carbonyl (C=O) groups excluding carboxylic acids is 1. The molecule has 1 aromatic carbocycles. The SMILES string of the molecule is COc1ccc(NC(=O)CC(C)C)c2cccnc12. The maximum absolute atomic E-state index is 11.9. The van der Waals surface area contributed by atoms with Crippen LogP contribution in [0.15, 0.2) is 30.5 Å². The summed E-state index contributed by atoms with van der Waals surface area (Å²) < 4.78 is 5.28. The summed E-state index contributed by atoms with van der Waals surface area (Å²) in [6, 6.07) is 7.44. The average molecular weight is 258 g/mol. The van der Waals surface area contributed by atoms with Gasteiger partial charge in [0.15, 0.2) is 0 Å². The third-order valence-corrected chi connectivity index (χ3v) is 2.82. The molecule has 0 atom stereocenters. The third kappa shape index (κ3) is 3.02. The van der Waals surface area contributed by atoms with Crippen molar-refractivity contribution in [2.75, 3.05) is 12.4 Å². The molecule has 0 aliphatic carbocycles. The van der Waals surface area contributed by atoms with E-state index >= 15 is 0 Å². The molecule has 1 aromatic heterocycles. The van der Waals surface area contributed by atoms with Crippen molar-refractivity contribution < 1.29 is 9.53 Å². The first-order valence-corrected chi connectivity index (χ1v) is 6.33. The van der Waals surface area contributed by atoms with E-state index in [0.29, 0.717) is 18.1 Å². The van der Waals surface area contributed by atoms with Crippen LogP contribution < -0.4 is 10.1 Å².